The molecule has 0 N–H and O–H groups in total. The zero-order chi connectivity index (χ0) is 23.3. The smallest absolute Gasteiger partial charge is 0.416 e. The first-order valence-electron chi connectivity index (χ1n) is 9.70. The fourth-order valence-corrected chi connectivity index (χ4v) is 2.96. The lowest BCUT2D eigenvalue weighted by molar-refractivity contribution is -0.147. The van der Waals surface area contributed by atoms with Crippen LogP contribution in [0.1, 0.15) is 23.7 Å². The number of carbonyl (C=O) groups is 1. The topological polar surface area (TPSA) is 64.6 Å². The zero-order valence-electron chi connectivity index (χ0n) is 17.8. The molecule has 1 heterocycles. The lowest BCUT2D eigenvalue weighted by atomic mass is 10.1. The van der Waals surface area contributed by atoms with Gasteiger partial charge in [0.15, 0.2) is 0 Å². The van der Waals surface area contributed by atoms with E-state index in [1.807, 2.05) is 31.0 Å². The van der Waals surface area contributed by atoms with E-state index in [0.29, 0.717) is 29.2 Å². The maximum atomic E-state index is 12.7. The first-order chi connectivity index (χ1) is 15.1. The van der Waals surface area contributed by atoms with Gasteiger partial charge in [0, 0.05) is 25.2 Å². The van der Waals surface area contributed by atoms with E-state index in [4.69, 9.17) is 9.47 Å². The number of esters is 1. The summed E-state index contributed by atoms with van der Waals surface area (Å²) in [6.07, 6.45) is -1.22. The molecule has 0 bridgehead atoms. The number of benzene rings is 2. The van der Waals surface area contributed by atoms with Crippen molar-refractivity contribution >= 4 is 11.7 Å². The zero-order valence-corrected chi connectivity index (χ0v) is 17.8. The number of rotatable bonds is 7. The molecule has 0 aliphatic carbocycles. The number of hydrogen-bond acceptors (Lipinski definition) is 6. The molecule has 0 fully saturated rings. The minimum atomic E-state index is -4.37. The van der Waals surface area contributed by atoms with Gasteiger partial charge in [0.05, 0.1) is 35.9 Å². The molecular formula is C23H22F3N3O3. The molecule has 3 aromatic rings. The molecule has 3 rings (SSSR count). The van der Waals surface area contributed by atoms with E-state index in [2.05, 4.69) is 9.97 Å². The van der Waals surface area contributed by atoms with Crippen LogP contribution in [0, 0.1) is 6.92 Å². The van der Waals surface area contributed by atoms with Gasteiger partial charge in [-0.05, 0) is 42.8 Å². The van der Waals surface area contributed by atoms with Crippen LogP contribution in [0.2, 0.25) is 0 Å². The molecule has 0 aliphatic heterocycles. The van der Waals surface area contributed by atoms with Gasteiger partial charge in [0.25, 0.3) is 0 Å². The summed E-state index contributed by atoms with van der Waals surface area (Å²) in [6.45, 7) is 3.53. The minimum Gasteiger partial charge on any atom is -0.457 e. The first kappa shape index (κ1) is 23.1. The summed E-state index contributed by atoms with van der Waals surface area (Å²) in [5.74, 6) is 0.202. The largest absolute Gasteiger partial charge is 0.457 e. The van der Waals surface area contributed by atoms with E-state index < -0.39 is 17.7 Å². The van der Waals surface area contributed by atoms with Crippen LogP contribution in [-0.2, 0) is 22.3 Å². The summed E-state index contributed by atoms with van der Waals surface area (Å²) in [4.78, 5) is 21.5. The maximum absolute atomic E-state index is 12.7. The summed E-state index contributed by atoms with van der Waals surface area (Å²) in [6, 6.07) is 10.4. The average Bonchev–Trinajstić information content (AvgIpc) is 2.74. The van der Waals surface area contributed by atoms with Crippen LogP contribution < -0.4 is 9.64 Å². The van der Waals surface area contributed by atoms with Crippen LogP contribution in [0.3, 0.4) is 0 Å². The van der Waals surface area contributed by atoms with Crippen molar-refractivity contribution in [2.24, 2.45) is 0 Å². The molecule has 0 atom stereocenters. The molecule has 32 heavy (non-hydrogen) atoms. The average molecular weight is 445 g/mol. The van der Waals surface area contributed by atoms with Crippen molar-refractivity contribution in [1.82, 2.24) is 9.97 Å². The van der Waals surface area contributed by atoms with Gasteiger partial charge in [-0.2, -0.15) is 13.2 Å². The fourth-order valence-electron chi connectivity index (χ4n) is 2.96. The lowest BCUT2D eigenvalue weighted by Gasteiger charge is -2.20. The second-order valence-corrected chi connectivity index (χ2v) is 7.17. The van der Waals surface area contributed by atoms with Crippen molar-refractivity contribution in [3.63, 3.8) is 0 Å². The molecule has 0 unspecified atom stereocenters. The third-order valence-corrected chi connectivity index (χ3v) is 4.69. The van der Waals surface area contributed by atoms with E-state index in [0.717, 1.165) is 23.4 Å². The summed E-state index contributed by atoms with van der Waals surface area (Å²) in [5, 5.41) is 0. The molecule has 2 aromatic carbocycles. The predicted octanol–water partition coefficient (Wildman–Crippen LogP) is 5.01. The second-order valence-electron chi connectivity index (χ2n) is 7.17. The molecule has 1 aromatic heterocycles. The van der Waals surface area contributed by atoms with E-state index >= 15 is 0 Å². The van der Waals surface area contributed by atoms with Gasteiger partial charge in [0.1, 0.15) is 5.75 Å². The molecule has 0 aliphatic rings. The molecule has 0 saturated heterocycles. The first-order valence-corrected chi connectivity index (χ1v) is 9.70. The lowest BCUT2D eigenvalue weighted by Crippen LogP contribution is -2.17. The molecule has 0 radical (unpaired) electrons. The standard InChI is InChI=1S/C23H22F3N3O3/c1-15-10-20(8-9-22(15)32-14-31-16(2)30)29(3)13-19-11-28-21(12-27-19)17-4-6-18(7-5-17)23(24,25)26/h4-12H,13-14H2,1-3H3. The number of anilines is 1. The van der Waals surface area contributed by atoms with Crippen molar-refractivity contribution in [3.8, 4) is 17.0 Å². The normalized spacial score (nSPS) is 11.2. The fraction of sp³-hybridized carbons (Fsp3) is 0.261. The number of carbonyl (C=O) groups excluding carboxylic acids is 1. The van der Waals surface area contributed by atoms with Crippen LogP contribution >= 0.6 is 0 Å². The van der Waals surface area contributed by atoms with Gasteiger partial charge in [-0.25, -0.2) is 0 Å². The molecule has 168 valence electrons. The van der Waals surface area contributed by atoms with E-state index in [9.17, 15) is 18.0 Å². The van der Waals surface area contributed by atoms with Crippen molar-refractivity contribution < 1.29 is 27.4 Å². The molecule has 9 heteroatoms. The second kappa shape index (κ2) is 9.67. The summed E-state index contributed by atoms with van der Waals surface area (Å²) < 4.78 is 48.3. The summed E-state index contributed by atoms with van der Waals surface area (Å²) in [7, 11) is 1.90. The van der Waals surface area contributed by atoms with E-state index in [1.165, 1.54) is 19.1 Å². The number of hydrogen-bond donors (Lipinski definition) is 0. The monoisotopic (exact) mass is 445 g/mol. The van der Waals surface area contributed by atoms with Crippen molar-refractivity contribution in [1.29, 1.82) is 0 Å². The molecule has 0 saturated carbocycles. The van der Waals surface area contributed by atoms with Gasteiger partial charge in [0.2, 0.25) is 6.79 Å². The van der Waals surface area contributed by atoms with Gasteiger partial charge in [-0.1, -0.05) is 12.1 Å². The third-order valence-electron chi connectivity index (χ3n) is 4.69. The quantitative estimate of drug-likeness (QED) is 0.376. The Morgan fingerprint density at radius 2 is 1.78 bits per heavy atom. The highest BCUT2D eigenvalue weighted by Gasteiger charge is 2.30. The Labute approximate surface area is 183 Å². The Bertz CT molecular complexity index is 1070. The number of aromatic nitrogens is 2. The number of aryl methyl sites for hydroxylation is 1. The Balaban J connectivity index is 1.63. The van der Waals surface area contributed by atoms with Crippen LogP contribution in [0.15, 0.2) is 54.9 Å². The molecular weight excluding hydrogens is 423 g/mol. The molecule has 0 amide bonds. The van der Waals surface area contributed by atoms with Crippen LogP contribution in [-0.4, -0.2) is 29.8 Å². The van der Waals surface area contributed by atoms with Crippen molar-refractivity contribution in [2.45, 2.75) is 26.6 Å². The molecule has 6 nitrogen and oxygen atoms in total. The van der Waals surface area contributed by atoms with Crippen molar-refractivity contribution in [2.75, 3.05) is 18.7 Å². The Hall–Kier alpha value is -3.62. The highest BCUT2D eigenvalue weighted by atomic mass is 19.4. The van der Waals surface area contributed by atoms with Crippen LogP contribution in [0.25, 0.3) is 11.3 Å². The number of nitrogens with zero attached hydrogens (tertiary/aromatic N) is 3. The molecule has 0 spiro atoms. The highest BCUT2D eigenvalue weighted by Crippen LogP contribution is 2.30. The van der Waals surface area contributed by atoms with Crippen LogP contribution in [0.5, 0.6) is 5.75 Å². The SMILES string of the molecule is CC(=O)OCOc1ccc(N(C)Cc2cnc(-c3ccc(C(F)(F)F)cc3)cn2)cc1C. The third kappa shape index (κ3) is 5.96. The Morgan fingerprint density at radius 1 is 1.06 bits per heavy atom. The van der Waals surface area contributed by atoms with Crippen LogP contribution in [0.4, 0.5) is 18.9 Å². The van der Waals surface area contributed by atoms with Gasteiger partial charge < -0.3 is 14.4 Å². The minimum absolute atomic E-state index is 0.147. The van der Waals surface area contributed by atoms with E-state index in [-0.39, 0.29) is 6.79 Å². The van der Waals surface area contributed by atoms with Gasteiger partial charge in [-0.3, -0.25) is 14.8 Å². The Kier molecular flexibility index (Phi) is 6.97. The van der Waals surface area contributed by atoms with E-state index in [1.54, 1.807) is 18.5 Å². The maximum Gasteiger partial charge on any atom is 0.416 e. The predicted molar refractivity (Wildman–Crippen MR) is 113 cm³/mol. The van der Waals surface area contributed by atoms with Gasteiger partial charge in [-0.15, -0.1) is 0 Å². The number of ether oxygens (including phenoxy) is 2. The number of alkyl halides is 3. The number of halogens is 3. The Morgan fingerprint density at radius 3 is 2.34 bits per heavy atom. The van der Waals surface area contributed by atoms with Gasteiger partial charge >= 0.3 is 12.1 Å². The summed E-state index contributed by atoms with van der Waals surface area (Å²) in [5.41, 5.74) is 2.86. The highest BCUT2D eigenvalue weighted by molar-refractivity contribution is 5.65. The summed E-state index contributed by atoms with van der Waals surface area (Å²) >= 11 is 0. The van der Waals surface area contributed by atoms with Crippen molar-refractivity contribution in [3.05, 3.63) is 71.7 Å².